The molecule has 0 aliphatic rings. The molecule has 0 spiro atoms. The van der Waals surface area contributed by atoms with Gasteiger partial charge in [-0.05, 0) is 42.7 Å². The molecule has 0 saturated heterocycles. The van der Waals surface area contributed by atoms with Crippen molar-refractivity contribution in [3.8, 4) is 0 Å². The van der Waals surface area contributed by atoms with Crippen LogP contribution in [-0.4, -0.2) is 0 Å². The molecule has 0 aromatic heterocycles. The molecule has 0 aliphatic heterocycles. The molecule has 94 valence electrons. The van der Waals surface area contributed by atoms with Crippen molar-refractivity contribution in [2.24, 2.45) is 0 Å². The normalized spacial score (nSPS) is 12.5. The summed E-state index contributed by atoms with van der Waals surface area (Å²) >= 11 is 3.47. The highest BCUT2D eigenvalue weighted by Gasteiger charge is 2.15. The SMILES string of the molecule is Cc1ccc(C(Br)c2ccc(F)c(C)c2)c(F)c1. The van der Waals surface area contributed by atoms with E-state index in [9.17, 15) is 8.78 Å². The van der Waals surface area contributed by atoms with Gasteiger partial charge in [-0.1, -0.05) is 40.2 Å². The fourth-order valence-electron chi connectivity index (χ4n) is 1.84. The van der Waals surface area contributed by atoms with Gasteiger partial charge in [-0.15, -0.1) is 0 Å². The lowest BCUT2D eigenvalue weighted by atomic mass is 10.0. The number of halogens is 3. The van der Waals surface area contributed by atoms with Crippen LogP contribution in [0, 0.1) is 25.5 Å². The lowest BCUT2D eigenvalue weighted by Crippen LogP contribution is -1.98. The Bertz CT molecular complexity index is 579. The quantitative estimate of drug-likeness (QED) is 0.680. The van der Waals surface area contributed by atoms with Gasteiger partial charge in [0.2, 0.25) is 0 Å². The van der Waals surface area contributed by atoms with E-state index in [0.29, 0.717) is 11.1 Å². The van der Waals surface area contributed by atoms with Crippen molar-refractivity contribution in [1.82, 2.24) is 0 Å². The first-order valence-electron chi connectivity index (χ1n) is 5.65. The molecule has 1 unspecified atom stereocenters. The van der Waals surface area contributed by atoms with Crippen molar-refractivity contribution >= 4 is 15.9 Å². The van der Waals surface area contributed by atoms with Gasteiger partial charge in [0.1, 0.15) is 11.6 Å². The van der Waals surface area contributed by atoms with Crippen LogP contribution in [0.25, 0.3) is 0 Å². The first-order chi connectivity index (χ1) is 8.49. The number of rotatable bonds is 2. The monoisotopic (exact) mass is 310 g/mol. The average molecular weight is 311 g/mol. The minimum atomic E-state index is -0.266. The van der Waals surface area contributed by atoms with Crippen molar-refractivity contribution < 1.29 is 8.78 Å². The van der Waals surface area contributed by atoms with Gasteiger partial charge >= 0.3 is 0 Å². The number of hydrogen-bond acceptors (Lipinski definition) is 0. The van der Waals surface area contributed by atoms with E-state index in [1.165, 1.54) is 12.1 Å². The molecule has 2 rings (SSSR count). The molecule has 0 N–H and O–H groups in total. The molecule has 0 radical (unpaired) electrons. The molecule has 0 nitrogen and oxygen atoms in total. The summed E-state index contributed by atoms with van der Waals surface area (Å²) in [5.74, 6) is -0.498. The minimum Gasteiger partial charge on any atom is -0.207 e. The van der Waals surface area contributed by atoms with Crippen LogP contribution in [-0.2, 0) is 0 Å². The second kappa shape index (κ2) is 5.19. The first kappa shape index (κ1) is 13.2. The van der Waals surface area contributed by atoms with Gasteiger partial charge in [-0.2, -0.15) is 0 Å². The summed E-state index contributed by atoms with van der Waals surface area (Å²) < 4.78 is 27.1. The van der Waals surface area contributed by atoms with Crippen LogP contribution in [0.15, 0.2) is 36.4 Å². The topological polar surface area (TPSA) is 0 Å². The van der Waals surface area contributed by atoms with Crippen molar-refractivity contribution in [1.29, 1.82) is 0 Å². The highest BCUT2D eigenvalue weighted by Crippen LogP contribution is 2.33. The largest absolute Gasteiger partial charge is 0.207 e. The molecular weight excluding hydrogens is 298 g/mol. The Hall–Kier alpha value is -1.22. The zero-order valence-corrected chi connectivity index (χ0v) is 11.8. The fraction of sp³-hybridized carbons (Fsp3) is 0.200. The Morgan fingerprint density at radius 1 is 0.944 bits per heavy atom. The Labute approximate surface area is 114 Å². The van der Waals surface area contributed by atoms with Crippen LogP contribution in [0.4, 0.5) is 8.78 Å². The molecule has 0 amide bonds. The third-order valence-corrected chi connectivity index (χ3v) is 3.93. The second-order valence-electron chi connectivity index (χ2n) is 4.40. The number of benzene rings is 2. The Kier molecular flexibility index (Phi) is 3.81. The van der Waals surface area contributed by atoms with Gasteiger partial charge in [0, 0.05) is 5.56 Å². The standard InChI is InChI=1S/C15H13BrF2/c1-9-3-5-12(14(18)7-9)15(16)11-4-6-13(17)10(2)8-11/h3-8,15H,1-2H3. The highest BCUT2D eigenvalue weighted by molar-refractivity contribution is 9.09. The minimum absolute atomic E-state index is 0.247. The van der Waals surface area contributed by atoms with Crippen LogP contribution in [0.3, 0.4) is 0 Å². The molecule has 3 heteroatoms. The zero-order chi connectivity index (χ0) is 13.3. The van der Waals surface area contributed by atoms with Crippen molar-refractivity contribution in [3.05, 3.63) is 70.3 Å². The molecule has 0 heterocycles. The van der Waals surface area contributed by atoms with Crippen LogP contribution < -0.4 is 0 Å². The van der Waals surface area contributed by atoms with Gasteiger partial charge in [0.15, 0.2) is 0 Å². The first-order valence-corrected chi connectivity index (χ1v) is 6.57. The lowest BCUT2D eigenvalue weighted by molar-refractivity contribution is 0.610. The van der Waals surface area contributed by atoms with E-state index >= 15 is 0 Å². The van der Waals surface area contributed by atoms with Crippen LogP contribution in [0.2, 0.25) is 0 Å². The van der Waals surface area contributed by atoms with E-state index in [2.05, 4.69) is 15.9 Å². The Morgan fingerprint density at radius 2 is 1.67 bits per heavy atom. The fourth-order valence-corrected chi connectivity index (χ4v) is 2.50. The summed E-state index contributed by atoms with van der Waals surface area (Å²) in [7, 11) is 0. The van der Waals surface area contributed by atoms with Crippen LogP contribution in [0.1, 0.15) is 27.1 Å². The number of aryl methyl sites for hydroxylation is 2. The van der Waals surface area contributed by atoms with Crippen LogP contribution >= 0.6 is 15.9 Å². The average Bonchev–Trinajstić information content (AvgIpc) is 2.32. The lowest BCUT2D eigenvalue weighted by Gasteiger charge is -2.13. The maximum atomic E-state index is 13.9. The molecular formula is C15H13BrF2. The summed E-state index contributed by atoms with van der Waals surface area (Å²) in [6.45, 7) is 3.54. The Morgan fingerprint density at radius 3 is 2.28 bits per heavy atom. The third kappa shape index (κ3) is 2.61. The molecule has 0 aliphatic carbocycles. The molecule has 2 aromatic rings. The third-order valence-electron chi connectivity index (χ3n) is 2.90. The molecule has 1 atom stereocenters. The van der Waals surface area contributed by atoms with Crippen LogP contribution in [0.5, 0.6) is 0 Å². The smallest absolute Gasteiger partial charge is 0.128 e. The Balaban J connectivity index is 2.41. The summed E-state index contributed by atoms with van der Waals surface area (Å²) in [5, 5.41) is 0. The number of hydrogen-bond donors (Lipinski definition) is 0. The molecule has 2 aromatic carbocycles. The zero-order valence-electron chi connectivity index (χ0n) is 10.2. The van der Waals surface area contributed by atoms with E-state index in [1.807, 2.05) is 13.0 Å². The maximum Gasteiger partial charge on any atom is 0.128 e. The van der Waals surface area contributed by atoms with E-state index in [0.717, 1.165) is 11.1 Å². The van der Waals surface area contributed by atoms with Crippen molar-refractivity contribution in [2.45, 2.75) is 18.7 Å². The van der Waals surface area contributed by atoms with E-state index < -0.39 is 0 Å². The second-order valence-corrected chi connectivity index (χ2v) is 5.31. The molecule has 18 heavy (non-hydrogen) atoms. The summed E-state index contributed by atoms with van der Waals surface area (Å²) in [4.78, 5) is -0.266. The van der Waals surface area contributed by atoms with E-state index in [4.69, 9.17) is 0 Å². The summed E-state index contributed by atoms with van der Waals surface area (Å²) in [5.41, 5.74) is 2.85. The van der Waals surface area contributed by atoms with E-state index in [1.54, 1.807) is 25.1 Å². The van der Waals surface area contributed by atoms with Gasteiger partial charge in [-0.3, -0.25) is 0 Å². The van der Waals surface area contributed by atoms with Gasteiger partial charge in [-0.25, -0.2) is 8.78 Å². The van der Waals surface area contributed by atoms with Gasteiger partial charge < -0.3 is 0 Å². The van der Waals surface area contributed by atoms with Gasteiger partial charge in [0.05, 0.1) is 4.83 Å². The number of alkyl halides is 1. The summed E-state index contributed by atoms with van der Waals surface area (Å²) in [6, 6.07) is 9.92. The maximum absolute atomic E-state index is 13.9. The van der Waals surface area contributed by atoms with Gasteiger partial charge in [0.25, 0.3) is 0 Å². The summed E-state index contributed by atoms with van der Waals surface area (Å²) in [6.07, 6.45) is 0. The highest BCUT2D eigenvalue weighted by atomic mass is 79.9. The predicted molar refractivity (Wildman–Crippen MR) is 73.0 cm³/mol. The molecule has 0 fully saturated rings. The van der Waals surface area contributed by atoms with E-state index in [-0.39, 0.29) is 16.5 Å². The molecule has 0 saturated carbocycles. The van der Waals surface area contributed by atoms with Crippen molar-refractivity contribution in [2.75, 3.05) is 0 Å². The predicted octanol–water partition coefficient (Wildman–Crippen LogP) is 5.07. The van der Waals surface area contributed by atoms with Crippen molar-refractivity contribution in [3.63, 3.8) is 0 Å². The molecule has 0 bridgehead atoms.